The van der Waals surface area contributed by atoms with Crippen LogP contribution in [0.4, 0.5) is 26.4 Å². The van der Waals surface area contributed by atoms with Gasteiger partial charge in [0.05, 0.1) is 36.0 Å². The number of halogens is 3. The zero-order chi connectivity index (χ0) is 29.9. The molecular weight excluding hydrogens is 635 g/mol. The maximum absolute atomic E-state index is 15.0. The molecule has 11 nitrogen and oxygen atoms in total. The first-order valence-corrected chi connectivity index (χ1v) is 14.6. The molecule has 2 aliphatic heterocycles. The number of carbonyl (C=O) groups excluding carboxylic acids is 1. The fraction of sp³-hybridized carbons (Fsp3) is 0.357. The van der Waals surface area contributed by atoms with Gasteiger partial charge in [-0.05, 0) is 28.1 Å². The van der Waals surface area contributed by atoms with Gasteiger partial charge in [0.15, 0.2) is 23.4 Å². The number of benzene rings is 2. The number of hydrogen-bond acceptors (Lipinski definition) is 8. The first kappa shape index (κ1) is 30.1. The van der Waals surface area contributed by atoms with E-state index in [0.717, 1.165) is 13.1 Å². The van der Waals surface area contributed by atoms with Gasteiger partial charge in [-0.1, -0.05) is 18.2 Å². The topological polar surface area (TPSA) is 126 Å². The van der Waals surface area contributed by atoms with Crippen LogP contribution in [0.2, 0.25) is 5.02 Å². The molecule has 2 amide bonds. The van der Waals surface area contributed by atoms with Crippen molar-refractivity contribution < 1.29 is 28.6 Å². The van der Waals surface area contributed by atoms with E-state index in [1.54, 1.807) is 18.2 Å². The molecule has 14 heteroatoms. The lowest BCUT2D eigenvalue weighted by Gasteiger charge is -2.36. The number of morpholine rings is 1. The monoisotopic (exact) mass is 663 g/mol. The van der Waals surface area contributed by atoms with Crippen molar-refractivity contribution in [1.82, 2.24) is 24.7 Å². The van der Waals surface area contributed by atoms with Crippen LogP contribution in [0.5, 0.6) is 5.75 Å². The van der Waals surface area contributed by atoms with Crippen molar-refractivity contribution in [2.45, 2.75) is 19.0 Å². The second-order valence-corrected chi connectivity index (χ2v) is 11.2. The average molecular weight is 665 g/mol. The van der Waals surface area contributed by atoms with Crippen LogP contribution in [0.25, 0.3) is 10.9 Å². The maximum atomic E-state index is 15.0. The molecule has 0 spiro atoms. The number of likely N-dealkylation sites (tertiary alicyclic amines) is 1. The summed E-state index contributed by atoms with van der Waals surface area (Å²) < 4.78 is 26.8. The Morgan fingerprint density at radius 2 is 2.10 bits per heavy atom. The van der Waals surface area contributed by atoms with Crippen molar-refractivity contribution in [3.8, 4) is 5.75 Å². The Morgan fingerprint density at radius 3 is 2.83 bits per heavy atom. The van der Waals surface area contributed by atoms with Crippen LogP contribution in [0.3, 0.4) is 0 Å². The SMILES string of the molecule is C=CC(=O)[N+]1(c2cc3c(Nc4ccc(Br)c(Cl)c4F)ncnc3cc2OCCN2CCOCC2)CCCC1NC(=O)O. The first-order chi connectivity index (χ1) is 20.2. The number of anilines is 2. The van der Waals surface area contributed by atoms with Gasteiger partial charge >= 0.3 is 12.0 Å². The fourth-order valence-electron chi connectivity index (χ4n) is 5.53. The summed E-state index contributed by atoms with van der Waals surface area (Å²) in [6, 6.07) is 6.54. The van der Waals surface area contributed by atoms with Crippen LogP contribution >= 0.6 is 27.5 Å². The highest BCUT2D eigenvalue weighted by molar-refractivity contribution is 9.10. The quantitative estimate of drug-likeness (QED) is 0.164. The Labute approximate surface area is 255 Å². The van der Waals surface area contributed by atoms with Crippen molar-refractivity contribution in [2.75, 3.05) is 51.3 Å². The van der Waals surface area contributed by atoms with Crippen molar-refractivity contribution in [2.24, 2.45) is 0 Å². The molecule has 2 aromatic carbocycles. The van der Waals surface area contributed by atoms with Crippen molar-refractivity contribution >= 4 is 67.6 Å². The van der Waals surface area contributed by atoms with Crippen LogP contribution in [0, 0.1) is 5.82 Å². The number of ether oxygens (including phenoxy) is 2. The summed E-state index contributed by atoms with van der Waals surface area (Å²) in [5, 5.41) is 15.5. The molecule has 0 bridgehead atoms. The molecule has 3 aromatic rings. The van der Waals surface area contributed by atoms with E-state index in [4.69, 9.17) is 21.1 Å². The second-order valence-electron chi connectivity index (χ2n) is 9.95. The number of carbonyl (C=O) groups is 2. The van der Waals surface area contributed by atoms with Crippen molar-refractivity contribution in [3.05, 3.63) is 58.6 Å². The summed E-state index contributed by atoms with van der Waals surface area (Å²) in [7, 11) is 0. The van der Waals surface area contributed by atoms with Gasteiger partial charge < -0.3 is 19.9 Å². The van der Waals surface area contributed by atoms with E-state index in [2.05, 4.69) is 48.0 Å². The third-order valence-electron chi connectivity index (χ3n) is 7.58. The Kier molecular flexibility index (Phi) is 9.23. The molecule has 2 atom stereocenters. The zero-order valence-corrected chi connectivity index (χ0v) is 25.0. The number of fused-ring (bicyclic) bond motifs is 1. The molecule has 1 aromatic heterocycles. The Morgan fingerprint density at radius 1 is 1.31 bits per heavy atom. The largest absolute Gasteiger partial charge is 0.486 e. The molecule has 2 saturated heterocycles. The first-order valence-electron chi connectivity index (χ1n) is 13.4. The van der Waals surface area contributed by atoms with Crippen molar-refractivity contribution in [1.29, 1.82) is 0 Å². The third-order valence-corrected chi connectivity index (χ3v) is 8.84. The van der Waals surface area contributed by atoms with Crippen LogP contribution < -0.4 is 19.9 Å². The van der Waals surface area contributed by atoms with Gasteiger partial charge in [0.1, 0.15) is 18.8 Å². The number of nitrogens with zero attached hydrogens (tertiary/aromatic N) is 4. The predicted octanol–water partition coefficient (Wildman–Crippen LogP) is 5.05. The normalized spacial score (nSPS) is 20.8. The minimum atomic E-state index is -1.25. The highest BCUT2D eigenvalue weighted by Gasteiger charge is 2.51. The molecule has 0 aliphatic carbocycles. The highest BCUT2D eigenvalue weighted by Crippen LogP contribution is 2.44. The van der Waals surface area contributed by atoms with E-state index in [1.165, 1.54) is 18.5 Å². The lowest BCUT2D eigenvalue weighted by Crippen LogP contribution is -2.62. The molecule has 2 aliphatic rings. The van der Waals surface area contributed by atoms with Crippen LogP contribution in [0.15, 0.2) is 47.7 Å². The highest BCUT2D eigenvalue weighted by atomic mass is 79.9. The molecular formula is C28H30BrClFN6O5+. The van der Waals surface area contributed by atoms with E-state index >= 15 is 0 Å². The molecule has 42 heavy (non-hydrogen) atoms. The van der Waals surface area contributed by atoms with Gasteiger partial charge in [-0.2, -0.15) is 0 Å². The van der Waals surface area contributed by atoms with Gasteiger partial charge in [-0.3, -0.25) is 10.2 Å². The number of carboxylic acid groups (broad SMARTS) is 1. The Balaban J connectivity index is 1.62. The summed E-state index contributed by atoms with van der Waals surface area (Å²) in [5.41, 5.74) is 0.999. The lowest BCUT2D eigenvalue weighted by molar-refractivity contribution is -0.126. The number of rotatable bonds is 9. The molecule has 5 rings (SSSR count). The van der Waals surface area contributed by atoms with Gasteiger partial charge in [-0.25, -0.2) is 28.4 Å². The molecule has 3 heterocycles. The zero-order valence-electron chi connectivity index (χ0n) is 22.6. The summed E-state index contributed by atoms with van der Waals surface area (Å²) in [6.45, 7) is 7.83. The third kappa shape index (κ3) is 5.92. The lowest BCUT2D eigenvalue weighted by atomic mass is 10.1. The number of quaternary nitrogens is 1. The minimum Gasteiger partial charge on any atom is -0.486 e. The molecule has 0 saturated carbocycles. The standard InChI is InChI=1S/C28H29BrClFN6O5/c1-2-24(38)37(10-3-4-23(37)35-28(39)40)21-14-17-20(15-22(21)42-13-9-36-7-11-41-12-8-36)32-16-33-27(17)34-19-6-5-18(29)25(30)26(19)31/h2,5-6,14-16,23,35H,1,3-4,7-13H2,(H-,32,33,34,39,40)/p+1. The summed E-state index contributed by atoms with van der Waals surface area (Å²) in [5.74, 6) is -0.408. The molecule has 3 N–H and O–H groups in total. The maximum Gasteiger partial charge on any atom is 0.409 e. The average Bonchev–Trinajstić information content (AvgIpc) is 3.40. The Bertz CT molecular complexity index is 1520. The molecule has 0 radical (unpaired) electrons. The van der Waals surface area contributed by atoms with Crippen LogP contribution in [-0.4, -0.2) is 84.1 Å². The van der Waals surface area contributed by atoms with Crippen LogP contribution in [-0.2, 0) is 9.53 Å². The van der Waals surface area contributed by atoms with Gasteiger partial charge in [0, 0.05) is 60.5 Å². The summed E-state index contributed by atoms with van der Waals surface area (Å²) >= 11 is 9.32. The summed E-state index contributed by atoms with van der Waals surface area (Å²) in [4.78, 5) is 36.4. The van der Waals surface area contributed by atoms with E-state index in [1.807, 2.05) is 0 Å². The molecule has 222 valence electrons. The fourth-order valence-corrected chi connectivity index (χ4v) is 6.00. The van der Waals surface area contributed by atoms with E-state index < -0.39 is 18.1 Å². The van der Waals surface area contributed by atoms with E-state index in [0.29, 0.717) is 72.6 Å². The number of nitrogens with one attached hydrogen (secondary N) is 2. The Hall–Kier alpha value is -3.36. The molecule has 2 fully saturated rings. The number of amides is 2. The van der Waals surface area contributed by atoms with E-state index in [9.17, 15) is 19.1 Å². The number of aromatic nitrogens is 2. The predicted molar refractivity (Wildman–Crippen MR) is 161 cm³/mol. The second kappa shape index (κ2) is 12.9. The smallest absolute Gasteiger partial charge is 0.409 e. The van der Waals surface area contributed by atoms with Gasteiger partial charge in [-0.15, -0.1) is 0 Å². The molecule has 2 unspecified atom stereocenters. The summed E-state index contributed by atoms with van der Waals surface area (Å²) in [6.07, 6.45) is 1.51. The van der Waals surface area contributed by atoms with Crippen molar-refractivity contribution in [3.63, 3.8) is 0 Å². The minimum absolute atomic E-state index is 0.0873. The van der Waals surface area contributed by atoms with E-state index in [-0.39, 0.29) is 26.9 Å². The van der Waals surface area contributed by atoms with Gasteiger partial charge in [0.2, 0.25) is 0 Å². The van der Waals surface area contributed by atoms with Gasteiger partial charge in [0.25, 0.3) is 0 Å². The van der Waals surface area contributed by atoms with Crippen LogP contribution in [0.1, 0.15) is 12.8 Å². The number of hydrogen-bond donors (Lipinski definition) is 3.